The van der Waals surface area contributed by atoms with Crippen LogP contribution in [-0.2, 0) is 4.79 Å². The van der Waals surface area contributed by atoms with Gasteiger partial charge in [0, 0.05) is 23.2 Å². The molecule has 0 aromatic heterocycles. The number of carbonyl (C=O) groups excluding carboxylic acids is 1. The van der Waals surface area contributed by atoms with Crippen molar-refractivity contribution < 1.29 is 4.79 Å². The Morgan fingerprint density at radius 2 is 2.22 bits per heavy atom. The second kappa shape index (κ2) is 6.81. The second-order valence-electron chi connectivity index (χ2n) is 4.59. The van der Waals surface area contributed by atoms with E-state index in [4.69, 9.17) is 0 Å². The lowest BCUT2D eigenvalue weighted by atomic mass is 10.0. The van der Waals surface area contributed by atoms with Gasteiger partial charge in [-0.2, -0.15) is 0 Å². The van der Waals surface area contributed by atoms with Crippen LogP contribution in [0.1, 0.15) is 13.3 Å². The average Bonchev–Trinajstić information content (AvgIpc) is 2.82. The molecule has 18 heavy (non-hydrogen) atoms. The Bertz CT molecular complexity index is 383. The predicted molar refractivity (Wildman–Crippen MR) is 75.7 cm³/mol. The van der Waals surface area contributed by atoms with E-state index in [0.29, 0.717) is 6.04 Å². The zero-order chi connectivity index (χ0) is 12.8. The van der Waals surface area contributed by atoms with Crippen LogP contribution in [0.4, 0.5) is 0 Å². The normalized spacial score (nSPS) is 22.9. The molecule has 1 aliphatic heterocycles. The van der Waals surface area contributed by atoms with Crippen LogP contribution in [0.2, 0.25) is 0 Å². The van der Waals surface area contributed by atoms with Gasteiger partial charge in [-0.25, -0.2) is 0 Å². The molecule has 0 aliphatic carbocycles. The zero-order valence-electron chi connectivity index (χ0n) is 10.7. The van der Waals surface area contributed by atoms with E-state index < -0.39 is 0 Å². The average molecular weight is 264 g/mol. The molecule has 2 atom stereocenters. The number of rotatable bonds is 5. The van der Waals surface area contributed by atoms with Gasteiger partial charge in [0.05, 0.1) is 5.92 Å². The summed E-state index contributed by atoms with van der Waals surface area (Å²) in [6.07, 6.45) is 0.957. The number of carbonyl (C=O) groups is 1. The van der Waals surface area contributed by atoms with Gasteiger partial charge in [-0.15, -0.1) is 11.8 Å². The van der Waals surface area contributed by atoms with E-state index in [2.05, 4.69) is 29.7 Å². The van der Waals surface area contributed by atoms with Gasteiger partial charge in [0.25, 0.3) is 0 Å². The molecular formula is C14H20N2OS. The highest BCUT2D eigenvalue weighted by Gasteiger charge is 2.28. The summed E-state index contributed by atoms with van der Waals surface area (Å²) >= 11 is 1.78. The second-order valence-corrected chi connectivity index (χ2v) is 5.76. The number of amides is 1. The first-order valence-corrected chi connectivity index (χ1v) is 7.45. The van der Waals surface area contributed by atoms with Gasteiger partial charge < -0.3 is 10.6 Å². The minimum absolute atomic E-state index is 0.145. The lowest BCUT2D eigenvalue weighted by Crippen LogP contribution is -2.37. The van der Waals surface area contributed by atoms with Crippen LogP contribution in [-0.4, -0.2) is 30.8 Å². The van der Waals surface area contributed by atoms with Crippen molar-refractivity contribution >= 4 is 17.7 Å². The van der Waals surface area contributed by atoms with E-state index in [1.54, 1.807) is 11.8 Å². The molecule has 1 aliphatic rings. The monoisotopic (exact) mass is 264 g/mol. The highest BCUT2D eigenvalue weighted by Crippen LogP contribution is 2.17. The van der Waals surface area contributed by atoms with Crippen LogP contribution >= 0.6 is 11.8 Å². The third-order valence-electron chi connectivity index (χ3n) is 3.28. The van der Waals surface area contributed by atoms with Gasteiger partial charge >= 0.3 is 0 Å². The van der Waals surface area contributed by atoms with Crippen molar-refractivity contribution in [1.29, 1.82) is 0 Å². The van der Waals surface area contributed by atoms with Crippen LogP contribution in [0.5, 0.6) is 0 Å². The van der Waals surface area contributed by atoms with Gasteiger partial charge in [-0.05, 0) is 32.0 Å². The summed E-state index contributed by atoms with van der Waals surface area (Å²) in [7, 11) is 0. The summed E-state index contributed by atoms with van der Waals surface area (Å²) in [4.78, 5) is 13.2. The minimum atomic E-state index is 0.145. The summed E-state index contributed by atoms with van der Waals surface area (Å²) in [5.74, 6) is 1.26. The molecule has 0 radical (unpaired) electrons. The van der Waals surface area contributed by atoms with Crippen LogP contribution in [0.25, 0.3) is 0 Å². The maximum absolute atomic E-state index is 11.9. The largest absolute Gasteiger partial charge is 0.355 e. The molecule has 2 unspecified atom stereocenters. The molecule has 2 N–H and O–H groups in total. The third kappa shape index (κ3) is 3.75. The summed E-state index contributed by atoms with van der Waals surface area (Å²) < 4.78 is 0. The smallest absolute Gasteiger partial charge is 0.224 e. The lowest BCUT2D eigenvalue weighted by Gasteiger charge is -2.14. The quantitative estimate of drug-likeness (QED) is 0.630. The predicted octanol–water partition coefficient (Wildman–Crippen LogP) is 1.89. The van der Waals surface area contributed by atoms with Crippen molar-refractivity contribution in [2.45, 2.75) is 24.3 Å². The van der Waals surface area contributed by atoms with E-state index in [1.807, 2.05) is 18.2 Å². The molecular weight excluding hydrogens is 244 g/mol. The van der Waals surface area contributed by atoms with Crippen LogP contribution in [0.15, 0.2) is 35.2 Å². The van der Waals surface area contributed by atoms with E-state index in [9.17, 15) is 4.79 Å². The standard InChI is InChI=1S/C14H20N2OS/c1-11-13(7-8-15-11)14(17)16-9-10-18-12-5-3-2-4-6-12/h2-6,11,13,15H,7-10H2,1H3,(H,16,17). The SMILES string of the molecule is CC1NCCC1C(=O)NCCSc1ccccc1. The topological polar surface area (TPSA) is 41.1 Å². The molecule has 1 aromatic rings. The molecule has 3 nitrogen and oxygen atoms in total. The lowest BCUT2D eigenvalue weighted by molar-refractivity contribution is -0.124. The fourth-order valence-electron chi connectivity index (χ4n) is 2.21. The molecule has 1 heterocycles. The summed E-state index contributed by atoms with van der Waals surface area (Å²) in [5.41, 5.74) is 0. The van der Waals surface area contributed by atoms with Crippen molar-refractivity contribution in [3.8, 4) is 0 Å². The van der Waals surface area contributed by atoms with E-state index in [1.165, 1.54) is 4.90 Å². The fourth-order valence-corrected chi connectivity index (χ4v) is 3.00. The number of hydrogen-bond donors (Lipinski definition) is 2. The minimum Gasteiger partial charge on any atom is -0.355 e. The molecule has 2 rings (SSSR count). The molecule has 98 valence electrons. The number of hydrogen-bond acceptors (Lipinski definition) is 3. The molecule has 0 bridgehead atoms. The summed E-state index contributed by atoms with van der Waals surface area (Å²) in [5, 5.41) is 6.33. The zero-order valence-corrected chi connectivity index (χ0v) is 11.5. The molecule has 0 spiro atoms. The Balaban J connectivity index is 1.65. The van der Waals surface area contributed by atoms with Crippen molar-refractivity contribution in [2.75, 3.05) is 18.8 Å². The summed E-state index contributed by atoms with van der Waals surface area (Å²) in [6, 6.07) is 10.6. The Morgan fingerprint density at radius 3 is 2.89 bits per heavy atom. The molecule has 1 aromatic carbocycles. The highest BCUT2D eigenvalue weighted by molar-refractivity contribution is 7.99. The van der Waals surface area contributed by atoms with Gasteiger partial charge in [0.2, 0.25) is 5.91 Å². The van der Waals surface area contributed by atoms with E-state index in [0.717, 1.165) is 25.3 Å². The maximum atomic E-state index is 11.9. The number of benzene rings is 1. The Labute approximate surface area is 113 Å². The Hall–Kier alpha value is -1.00. The number of thioether (sulfide) groups is 1. The van der Waals surface area contributed by atoms with Crippen LogP contribution in [0, 0.1) is 5.92 Å². The molecule has 1 amide bonds. The van der Waals surface area contributed by atoms with Crippen LogP contribution < -0.4 is 10.6 Å². The van der Waals surface area contributed by atoms with Gasteiger partial charge in [-0.3, -0.25) is 4.79 Å². The van der Waals surface area contributed by atoms with Crippen molar-refractivity contribution in [3.05, 3.63) is 30.3 Å². The molecule has 1 fully saturated rings. The first kappa shape index (κ1) is 13.4. The van der Waals surface area contributed by atoms with Crippen LogP contribution in [0.3, 0.4) is 0 Å². The van der Waals surface area contributed by atoms with Gasteiger partial charge in [0.1, 0.15) is 0 Å². The van der Waals surface area contributed by atoms with E-state index in [-0.39, 0.29) is 11.8 Å². The number of nitrogens with one attached hydrogen (secondary N) is 2. The third-order valence-corrected chi connectivity index (χ3v) is 4.29. The molecule has 0 saturated carbocycles. The Morgan fingerprint density at radius 1 is 1.44 bits per heavy atom. The fraction of sp³-hybridized carbons (Fsp3) is 0.500. The van der Waals surface area contributed by atoms with Crippen molar-refractivity contribution in [1.82, 2.24) is 10.6 Å². The molecule has 1 saturated heterocycles. The van der Waals surface area contributed by atoms with Gasteiger partial charge in [-0.1, -0.05) is 18.2 Å². The molecule has 4 heteroatoms. The summed E-state index contributed by atoms with van der Waals surface area (Å²) in [6.45, 7) is 3.77. The van der Waals surface area contributed by atoms with Gasteiger partial charge in [0.15, 0.2) is 0 Å². The first-order chi connectivity index (χ1) is 8.77. The van der Waals surface area contributed by atoms with Crippen molar-refractivity contribution in [2.24, 2.45) is 5.92 Å². The highest BCUT2D eigenvalue weighted by atomic mass is 32.2. The maximum Gasteiger partial charge on any atom is 0.224 e. The Kier molecular flexibility index (Phi) is 5.08. The first-order valence-electron chi connectivity index (χ1n) is 6.46. The van der Waals surface area contributed by atoms with Crippen molar-refractivity contribution in [3.63, 3.8) is 0 Å². The van der Waals surface area contributed by atoms with E-state index >= 15 is 0 Å².